The number of para-hydroxylation sites is 2. The van der Waals surface area contributed by atoms with Gasteiger partial charge in [-0.2, -0.15) is 0 Å². The number of aryl methyl sites for hydroxylation is 4. The van der Waals surface area contributed by atoms with Crippen molar-refractivity contribution in [2.24, 2.45) is 0 Å². The van der Waals surface area contributed by atoms with Crippen LogP contribution < -0.4 is 10.6 Å². The Morgan fingerprint density at radius 3 is 1.73 bits per heavy atom. The van der Waals surface area contributed by atoms with Crippen molar-refractivity contribution >= 4 is 11.4 Å². The molecule has 2 rings (SSSR count). The monoisotopic (exact) mass is 296 g/mol. The zero-order chi connectivity index (χ0) is 16.1. The third-order valence-corrected chi connectivity index (χ3v) is 4.23. The number of benzene rings is 2. The van der Waals surface area contributed by atoms with Gasteiger partial charge in [0.25, 0.3) is 0 Å². The Morgan fingerprint density at radius 1 is 0.773 bits per heavy atom. The van der Waals surface area contributed by atoms with Gasteiger partial charge < -0.3 is 10.6 Å². The fourth-order valence-electron chi connectivity index (χ4n) is 2.87. The minimum Gasteiger partial charge on any atom is -0.385 e. The summed E-state index contributed by atoms with van der Waals surface area (Å²) in [7, 11) is 0. The van der Waals surface area contributed by atoms with Gasteiger partial charge in [0.2, 0.25) is 0 Å². The first-order chi connectivity index (χ1) is 10.5. The molecule has 0 spiro atoms. The van der Waals surface area contributed by atoms with Crippen LogP contribution in [0.3, 0.4) is 0 Å². The summed E-state index contributed by atoms with van der Waals surface area (Å²) in [5.41, 5.74) is 7.82. The fourth-order valence-corrected chi connectivity index (χ4v) is 2.87. The van der Waals surface area contributed by atoms with Crippen molar-refractivity contribution in [2.75, 3.05) is 17.2 Å². The van der Waals surface area contributed by atoms with Gasteiger partial charge in [-0.15, -0.1) is 0 Å². The van der Waals surface area contributed by atoms with E-state index >= 15 is 0 Å². The maximum Gasteiger partial charge on any atom is 0.0401 e. The van der Waals surface area contributed by atoms with Gasteiger partial charge in [0.1, 0.15) is 0 Å². The van der Waals surface area contributed by atoms with Gasteiger partial charge in [0.15, 0.2) is 0 Å². The molecule has 2 N–H and O–H groups in total. The van der Waals surface area contributed by atoms with Crippen molar-refractivity contribution in [3.05, 3.63) is 58.7 Å². The predicted molar refractivity (Wildman–Crippen MR) is 98.0 cm³/mol. The second-order valence-corrected chi connectivity index (χ2v) is 6.29. The SMILES string of the molecule is Cc1cccc(C)c1NCCC(C)Nc1c(C)cccc1C. The number of hydrogen-bond acceptors (Lipinski definition) is 2. The third-order valence-electron chi connectivity index (χ3n) is 4.23. The van der Waals surface area contributed by atoms with E-state index < -0.39 is 0 Å². The van der Waals surface area contributed by atoms with Gasteiger partial charge >= 0.3 is 0 Å². The molecule has 0 aliphatic rings. The molecule has 22 heavy (non-hydrogen) atoms. The zero-order valence-electron chi connectivity index (χ0n) is 14.5. The van der Waals surface area contributed by atoms with Crippen LogP contribution in [0.25, 0.3) is 0 Å². The number of nitrogens with one attached hydrogen (secondary N) is 2. The lowest BCUT2D eigenvalue weighted by atomic mass is 10.1. The molecule has 0 radical (unpaired) electrons. The van der Waals surface area contributed by atoms with E-state index in [2.05, 4.69) is 81.7 Å². The smallest absolute Gasteiger partial charge is 0.0401 e. The highest BCUT2D eigenvalue weighted by molar-refractivity contribution is 5.58. The molecule has 2 aromatic rings. The van der Waals surface area contributed by atoms with Crippen LogP contribution in [0.1, 0.15) is 35.6 Å². The lowest BCUT2D eigenvalue weighted by Crippen LogP contribution is -2.20. The second kappa shape index (κ2) is 7.35. The quantitative estimate of drug-likeness (QED) is 0.763. The largest absolute Gasteiger partial charge is 0.385 e. The van der Waals surface area contributed by atoms with Crippen molar-refractivity contribution in [1.29, 1.82) is 0 Å². The van der Waals surface area contributed by atoms with Crippen molar-refractivity contribution in [1.82, 2.24) is 0 Å². The molecule has 0 saturated carbocycles. The molecule has 0 aliphatic carbocycles. The summed E-state index contributed by atoms with van der Waals surface area (Å²) >= 11 is 0. The van der Waals surface area contributed by atoms with Crippen molar-refractivity contribution in [3.8, 4) is 0 Å². The molecule has 0 saturated heterocycles. The predicted octanol–water partition coefficient (Wildman–Crippen LogP) is 5.22. The summed E-state index contributed by atoms with van der Waals surface area (Å²) in [4.78, 5) is 0. The summed E-state index contributed by atoms with van der Waals surface area (Å²) in [6, 6.07) is 13.3. The first-order valence-corrected chi connectivity index (χ1v) is 8.12. The Bertz CT molecular complexity index is 591. The van der Waals surface area contributed by atoms with Crippen LogP contribution in [0, 0.1) is 27.7 Å². The summed E-state index contributed by atoms with van der Waals surface area (Å²) < 4.78 is 0. The summed E-state index contributed by atoms with van der Waals surface area (Å²) in [5, 5.41) is 7.24. The van der Waals surface area contributed by atoms with E-state index in [1.807, 2.05) is 0 Å². The van der Waals surface area contributed by atoms with Gasteiger partial charge in [-0.05, 0) is 63.3 Å². The third kappa shape index (κ3) is 4.03. The highest BCUT2D eigenvalue weighted by atomic mass is 14.9. The molecule has 2 aromatic carbocycles. The van der Waals surface area contributed by atoms with Crippen molar-refractivity contribution in [2.45, 2.75) is 47.1 Å². The Morgan fingerprint density at radius 2 is 1.23 bits per heavy atom. The average molecular weight is 296 g/mol. The van der Waals surface area contributed by atoms with Crippen LogP contribution in [0.15, 0.2) is 36.4 Å². The van der Waals surface area contributed by atoms with Crippen LogP contribution in [-0.4, -0.2) is 12.6 Å². The van der Waals surface area contributed by atoms with Gasteiger partial charge in [0, 0.05) is 24.0 Å². The van der Waals surface area contributed by atoms with E-state index in [1.165, 1.54) is 33.6 Å². The zero-order valence-corrected chi connectivity index (χ0v) is 14.5. The van der Waals surface area contributed by atoms with Crippen LogP contribution in [0.2, 0.25) is 0 Å². The molecule has 0 aliphatic heterocycles. The maximum atomic E-state index is 3.65. The van der Waals surface area contributed by atoms with E-state index in [0.717, 1.165) is 13.0 Å². The van der Waals surface area contributed by atoms with Gasteiger partial charge in [-0.3, -0.25) is 0 Å². The molecule has 2 nitrogen and oxygen atoms in total. The molecular formula is C20H28N2. The first kappa shape index (κ1) is 16.4. The molecule has 1 unspecified atom stereocenters. The van der Waals surface area contributed by atoms with Gasteiger partial charge in [0.05, 0.1) is 0 Å². The molecule has 0 amide bonds. The maximum absolute atomic E-state index is 3.65. The van der Waals surface area contributed by atoms with Crippen LogP contribution in [0.4, 0.5) is 11.4 Å². The van der Waals surface area contributed by atoms with E-state index in [4.69, 9.17) is 0 Å². The van der Waals surface area contributed by atoms with Crippen LogP contribution in [0.5, 0.6) is 0 Å². The lowest BCUT2D eigenvalue weighted by molar-refractivity contribution is 0.732. The van der Waals surface area contributed by atoms with Crippen molar-refractivity contribution in [3.63, 3.8) is 0 Å². The Hall–Kier alpha value is -1.96. The Labute approximate surface area is 135 Å². The fraction of sp³-hybridized carbons (Fsp3) is 0.400. The lowest BCUT2D eigenvalue weighted by Gasteiger charge is -2.20. The highest BCUT2D eigenvalue weighted by Gasteiger charge is 2.07. The summed E-state index contributed by atoms with van der Waals surface area (Å²) in [6.07, 6.45) is 1.08. The van der Waals surface area contributed by atoms with E-state index in [0.29, 0.717) is 6.04 Å². The van der Waals surface area contributed by atoms with Gasteiger partial charge in [-0.1, -0.05) is 36.4 Å². The Kier molecular flexibility index (Phi) is 5.48. The average Bonchev–Trinajstić information content (AvgIpc) is 2.46. The normalized spacial score (nSPS) is 12.0. The van der Waals surface area contributed by atoms with Gasteiger partial charge in [-0.25, -0.2) is 0 Å². The molecule has 118 valence electrons. The molecule has 1 atom stereocenters. The molecule has 2 heteroatoms. The molecular weight excluding hydrogens is 268 g/mol. The minimum atomic E-state index is 0.441. The number of anilines is 2. The summed E-state index contributed by atoms with van der Waals surface area (Å²) in [6.45, 7) is 11.9. The van der Waals surface area contributed by atoms with E-state index in [-0.39, 0.29) is 0 Å². The molecule has 0 bridgehead atoms. The van der Waals surface area contributed by atoms with Crippen LogP contribution in [-0.2, 0) is 0 Å². The molecule has 0 heterocycles. The van der Waals surface area contributed by atoms with Crippen LogP contribution >= 0.6 is 0 Å². The van der Waals surface area contributed by atoms with E-state index in [9.17, 15) is 0 Å². The summed E-state index contributed by atoms with van der Waals surface area (Å²) in [5.74, 6) is 0. The standard InChI is InChI=1S/C20H28N2/c1-14-8-6-9-15(2)19(14)21-13-12-18(5)22-20-16(3)10-7-11-17(20)4/h6-11,18,21-22H,12-13H2,1-5H3. The van der Waals surface area contributed by atoms with E-state index in [1.54, 1.807) is 0 Å². The number of rotatable bonds is 6. The second-order valence-electron chi connectivity index (χ2n) is 6.29. The molecule has 0 fully saturated rings. The minimum absolute atomic E-state index is 0.441. The molecule has 0 aromatic heterocycles. The number of hydrogen-bond donors (Lipinski definition) is 2. The first-order valence-electron chi connectivity index (χ1n) is 8.12. The Balaban J connectivity index is 1.90. The highest BCUT2D eigenvalue weighted by Crippen LogP contribution is 2.22. The van der Waals surface area contributed by atoms with Crippen molar-refractivity contribution < 1.29 is 0 Å². The topological polar surface area (TPSA) is 24.1 Å².